The smallest absolute Gasteiger partial charge is 0.231 e. The number of benzene rings is 2. The van der Waals surface area contributed by atoms with Crippen LogP contribution in [0.2, 0.25) is 0 Å². The highest BCUT2D eigenvalue weighted by Gasteiger charge is 2.20. The molecule has 0 unspecified atom stereocenters. The molecule has 1 aliphatic rings. The van der Waals surface area contributed by atoms with Gasteiger partial charge in [0.2, 0.25) is 11.9 Å². The Morgan fingerprint density at radius 2 is 1.38 bits per heavy atom. The molecule has 2 aromatic heterocycles. The predicted molar refractivity (Wildman–Crippen MR) is 117 cm³/mol. The maximum Gasteiger partial charge on any atom is 0.231 e. The molecule has 0 aliphatic carbocycles. The van der Waals surface area contributed by atoms with Crippen LogP contribution in [0.5, 0.6) is 0 Å². The van der Waals surface area contributed by atoms with E-state index in [1.165, 1.54) is 19.3 Å². The lowest BCUT2D eigenvalue weighted by Gasteiger charge is -2.28. The number of imidazole rings is 1. The van der Waals surface area contributed by atoms with Crippen molar-refractivity contribution in [2.75, 3.05) is 28.6 Å². The first-order chi connectivity index (χ1) is 14.3. The van der Waals surface area contributed by atoms with E-state index in [2.05, 4.69) is 30.5 Å². The Labute approximate surface area is 169 Å². The number of aromatic amines is 1. The molecule has 1 aliphatic heterocycles. The van der Waals surface area contributed by atoms with E-state index in [0.717, 1.165) is 35.8 Å². The molecule has 29 heavy (non-hydrogen) atoms. The monoisotopic (exact) mass is 385 g/mol. The van der Waals surface area contributed by atoms with Crippen molar-refractivity contribution in [2.45, 2.75) is 19.3 Å². The van der Waals surface area contributed by atoms with Gasteiger partial charge in [-0.1, -0.05) is 36.4 Å². The minimum atomic E-state index is 0.557. The van der Waals surface area contributed by atoms with Crippen molar-refractivity contribution in [3.8, 4) is 0 Å². The van der Waals surface area contributed by atoms with Gasteiger partial charge in [0.15, 0.2) is 11.5 Å². The van der Waals surface area contributed by atoms with Gasteiger partial charge in [0, 0.05) is 24.5 Å². The van der Waals surface area contributed by atoms with E-state index in [9.17, 15) is 0 Å². The molecular weight excluding hydrogens is 362 g/mol. The molecule has 0 atom stereocenters. The molecule has 0 saturated carbocycles. The van der Waals surface area contributed by atoms with Crippen LogP contribution in [0.3, 0.4) is 0 Å². The number of piperidine rings is 1. The fraction of sp³-hybridized carbons (Fsp3) is 0.227. The number of anilines is 5. The van der Waals surface area contributed by atoms with Gasteiger partial charge in [-0.05, 0) is 43.5 Å². The largest absolute Gasteiger partial charge is 0.355 e. The lowest BCUT2D eigenvalue weighted by atomic mass is 10.1. The molecule has 7 heteroatoms. The van der Waals surface area contributed by atoms with E-state index in [0.29, 0.717) is 17.5 Å². The van der Waals surface area contributed by atoms with Gasteiger partial charge in [0.05, 0.1) is 0 Å². The van der Waals surface area contributed by atoms with Gasteiger partial charge in [0.25, 0.3) is 0 Å². The second-order valence-electron chi connectivity index (χ2n) is 7.18. The summed E-state index contributed by atoms with van der Waals surface area (Å²) in [6.07, 6.45) is 3.62. The van der Waals surface area contributed by atoms with Crippen LogP contribution in [0.1, 0.15) is 19.3 Å². The van der Waals surface area contributed by atoms with E-state index in [1.54, 1.807) is 0 Å². The Kier molecular flexibility index (Phi) is 4.70. The fourth-order valence-corrected chi connectivity index (χ4v) is 3.64. The van der Waals surface area contributed by atoms with Crippen LogP contribution in [0.25, 0.3) is 11.2 Å². The van der Waals surface area contributed by atoms with Crippen LogP contribution < -0.4 is 15.5 Å². The highest BCUT2D eigenvalue weighted by atomic mass is 15.3. The molecule has 146 valence electrons. The van der Waals surface area contributed by atoms with Crippen molar-refractivity contribution in [3.63, 3.8) is 0 Å². The lowest BCUT2D eigenvalue weighted by molar-refractivity contribution is 0.574. The maximum absolute atomic E-state index is 4.84. The zero-order valence-corrected chi connectivity index (χ0v) is 16.1. The molecular formula is C22H23N7. The molecule has 7 nitrogen and oxygen atoms in total. The average Bonchev–Trinajstić information content (AvgIpc) is 3.17. The van der Waals surface area contributed by atoms with Gasteiger partial charge in [-0.15, -0.1) is 0 Å². The Balaban J connectivity index is 1.54. The van der Waals surface area contributed by atoms with Gasteiger partial charge in [-0.3, -0.25) is 0 Å². The number of aromatic nitrogens is 4. The van der Waals surface area contributed by atoms with Crippen molar-refractivity contribution in [1.82, 2.24) is 19.9 Å². The quantitative estimate of drug-likeness (QED) is 0.456. The summed E-state index contributed by atoms with van der Waals surface area (Å²) in [7, 11) is 0. The third kappa shape index (κ3) is 3.85. The summed E-state index contributed by atoms with van der Waals surface area (Å²) in [6.45, 7) is 1.99. The van der Waals surface area contributed by atoms with Crippen molar-refractivity contribution in [1.29, 1.82) is 0 Å². The topological polar surface area (TPSA) is 81.8 Å². The van der Waals surface area contributed by atoms with E-state index in [-0.39, 0.29) is 0 Å². The Morgan fingerprint density at radius 1 is 0.724 bits per heavy atom. The second-order valence-corrected chi connectivity index (χ2v) is 7.18. The summed E-state index contributed by atoms with van der Waals surface area (Å²) < 4.78 is 0. The van der Waals surface area contributed by atoms with Crippen molar-refractivity contribution in [2.24, 2.45) is 0 Å². The number of nitrogens with zero attached hydrogens (tertiary/aromatic N) is 4. The molecule has 0 amide bonds. The normalized spacial score (nSPS) is 14.1. The van der Waals surface area contributed by atoms with Crippen molar-refractivity contribution in [3.05, 3.63) is 60.7 Å². The molecule has 3 heterocycles. The molecule has 0 spiro atoms. The van der Waals surface area contributed by atoms with Crippen LogP contribution in [0.4, 0.5) is 29.1 Å². The van der Waals surface area contributed by atoms with Gasteiger partial charge in [-0.25, -0.2) is 0 Å². The minimum Gasteiger partial charge on any atom is -0.355 e. The van der Waals surface area contributed by atoms with E-state index in [4.69, 9.17) is 4.98 Å². The summed E-state index contributed by atoms with van der Waals surface area (Å²) in [4.78, 5) is 19.9. The standard InChI is InChI=1S/C22H23N7/c1-4-10-16(11-5-1)23-21-25-18-19(26-21)27-22(24-17-12-6-2-7-13-17)28-20(18)29-14-8-3-9-15-29/h1-2,4-7,10-13H,3,8-9,14-15H2,(H3,23,24,25,26,27,28). The Hall–Kier alpha value is -3.61. The summed E-state index contributed by atoms with van der Waals surface area (Å²) in [6, 6.07) is 20.0. The molecule has 3 N–H and O–H groups in total. The summed E-state index contributed by atoms with van der Waals surface area (Å²) >= 11 is 0. The van der Waals surface area contributed by atoms with Crippen LogP contribution in [0, 0.1) is 0 Å². The minimum absolute atomic E-state index is 0.557. The second kappa shape index (κ2) is 7.79. The molecule has 0 radical (unpaired) electrons. The molecule has 1 fully saturated rings. The molecule has 5 rings (SSSR count). The number of para-hydroxylation sites is 2. The van der Waals surface area contributed by atoms with Gasteiger partial charge in [-0.2, -0.15) is 15.0 Å². The fourth-order valence-electron chi connectivity index (χ4n) is 3.64. The predicted octanol–water partition coefficient (Wildman–Crippen LogP) is 4.83. The van der Waals surface area contributed by atoms with Crippen molar-refractivity contribution < 1.29 is 0 Å². The van der Waals surface area contributed by atoms with Crippen molar-refractivity contribution >= 4 is 40.3 Å². The number of hydrogen-bond donors (Lipinski definition) is 3. The summed E-state index contributed by atoms with van der Waals surface area (Å²) in [5, 5.41) is 6.63. The summed E-state index contributed by atoms with van der Waals surface area (Å²) in [5.74, 6) is 2.12. The number of hydrogen-bond acceptors (Lipinski definition) is 6. The first kappa shape index (κ1) is 17.5. The SMILES string of the molecule is c1ccc(Nc2nc(N3CCCCC3)c3[nH]c(Nc4ccccc4)nc3n2)cc1. The van der Waals surface area contributed by atoms with E-state index in [1.807, 2.05) is 60.7 Å². The van der Waals surface area contributed by atoms with Crippen LogP contribution >= 0.6 is 0 Å². The molecule has 1 saturated heterocycles. The van der Waals surface area contributed by atoms with E-state index < -0.39 is 0 Å². The zero-order chi connectivity index (χ0) is 19.5. The first-order valence-electron chi connectivity index (χ1n) is 10.0. The molecule has 2 aromatic carbocycles. The molecule has 0 bridgehead atoms. The van der Waals surface area contributed by atoms with Crippen LogP contribution in [-0.4, -0.2) is 33.0 Å². The average molecular weight is 385 g/mol. The van der Waals surface area contributed by atoms with Gasteiger partial charge >= 0.3 is 0 Å². The Bertz CT molecular complexity index is 1090. The van der Waals surface area contributed by atoms with Gasteiger partial charge < -0.3 is 20.5 Å². The van der Waals surface area contributed by atoms with Crippen LogP contribution in [0.15, 0.2) is 60.7 Å². The zero-order valence-electron chi connectivity index (χ0n) is 16.1. The number of fused-ring (bicyclic) bond motifs is 1. The van der Waals surface area contributed by atoms with Gasteiger partial charge in [0.1, 0.15) is 5.52 Å². The number of H-pyrrole nitrogens is 1. The van der Waals surface area contributed by atoms with Crippen LogP contribution in [-0.2, 0) is 0 Å². The number of nitrogens with one attached hydrogen (secondary N) is 3. The first-order valence-corrected chi connectivity index (χ1v) is 10.0. The van der Waals surface area contributed by atoms with E-state index >= 15 is 0 Å². The highest BCUT2D eigenvalue weighted by Crippen LogP contribution is 2.29. The summed E-state index contributed by atoms with van der Waals surface area (Å²) in [5.41, 5.74) is 3.44. The maximum atomic E-state index is 4.84. The number of rotatable bonds is 5. The molecule has 4 aromatic rings. The third-order valence-electron chi connectivity index (χ3n) is 5.05. The highest BCUT2D eigenvalue weighted by molar-refractivity contribution is 5.87. The third-order valence-corrected chi connectivity index (χ3v) is 5.05. The Morgan fingerprint density at radius 3 is 2.07 bits per heavy atom. The lowest BCUT2D eigenvalue weighted by Crippen LogP contribution is -2.30.